The zero-order chi connectivity index (χ0) is 48.6. The molecule has 0 aliphatic carbocycles. The van der Waals surface area contributed by atoms with E-state index in [2.05, 4.69) is 93.7 Å². The first-order valence-corrected chi connectivity index (χ1v) is 27.8. The molecule has 0 saturated carbocycles. The predicted octanol–water partition coefficient (Wildman–Crippen LogP) is 18.5. The van der Waals surface area contributed by atoms with Crippen LogP contribution < -0.4 is 0 Å². The van der Waals surface area contributed by atoms with Gasteiger partial charge in [-0.25, -0.2) is 0 Å². The molecule has 0 aromatic heterocycles. The molecule has 67 heavy (non-hydrogen) atoms. The van der Waals surface area contributed by atoms with Crippen LogP contribution in [0.15, 0.2) is 97.2 Å². The highest BCUT2D eigenvalue weighted by Crippen LogP contribution is 2.15. The van der Waals surface area contributed by atoms with Crippen LogP contribution in [0, 0.1) is 0 Å². The summed E-state index contributed by atoms with van der Waals surface area (Å²) in [6.45, 7) is 6.41. The molecule has 0 radical (unpaired) electrons. The van der Waals surface area contributed by atoms with E-state index in [9.17, 15) is 14.4 Å². The lowest BCUT2D eigenvalue weighted by molar-refractivity contribution is -0.167. The van der Waals surface area contributed by atoms with Crippen molar-refractivity contribution in [2.75, 3.05) is 13.2 Å². The summed E-state index contributed by atoms with van der Waals surface area (Å²) in [7, 11) is 0. The third-order valence-corrected chi connectivity index (χ3v) is 11.7. The lowest BCUT2D eigenvalue weighted by Crippen LogP contribution is -2.30. The normalized spacial score (nSPS) is 12.8. The maximum Gasteiger partial charge on any atom is 0.306 e. The highest BCUT2D eigenvalue weighted by Gasteiger charge is 2.19. The van der Waals surface area contributed by atoms with E-state index in [-0.39, 0.29) is 31.1 Å². The van der Waals surface area contributed by atoms with Gasteiger partial charge in [0.1, 0.15) is 13.2 Å². The molecule has 1 unspecified atom stereocenters. The van der Waals surface area contributed by atoms with Gasteiger partial charge in [0, 0.05) is 19.3 Å². The summed E-state index contributed by atoms with van der Waals surface area (Å²) in [4.78, 5) is 38.1. The largest absolute Gasteiger partial charge is 0.462 e. The van der Waals surface area contributed by atoms with Crippen LogP contribution in [0.4, 0.5) is 0 Å². The monoisotopic (exact) mass is 931 g/mol. The second-order valence-electron chi connectivity index (χ2n) is 18.2. The van der Waals surface area contributed by atoms with Gasteiger partial charge in [-0.1, -0.05) is 240 Å². The molecule has 0 saturated heterocycles. The summed E-state index contributed by atoms with van der Waals surface area (Å²) in [5.41, 5.74) is 0. The first-order chi connectivity index (χ1) is 33.0. The van der Waals surface area contributed by atoms with Gasteiger partial charge in [0.05, 0.1) is 0 Å². The van der Waals surface area contributed by atoms with Crippen LogP contribution in [-0.4, -0.2) is 37.2 Å². The molecule has 0 aliphatic heterocycles. The summed E-state index contributed by atoms with van der Waals surface area (Å²) in [6.07, 6.45) is 72.4. The molecule has 0 aliphatic rings. The maximum atomic E-state index is 12.8. The van der Waals surface area contributed by atoms with E-state index in [1.807, 2.05) is 24.3 Å². The van der Waals surface area contributed by atoms with Crippen molar-refractivity contribution in [2.24, 2.45) is 0 Å². The number of ether oxygens (including phenoxy) is 3. The molecule has 0 aromatic carbocycles. The number of hydrogen-bond acceptors (Lipinski definition) is 6. The summed E-state index contributed by atoms with van der Waals surface area (Å²) in [5.74, 6) is -0.928. The molecule has 0 heterocycles. The van der Waals surface area contributed by atoms with Crippen molar-refractivity contribution in [3.05, 3.63) is 97.2 Å². The molecule has 0 fully saturated rings. The third-order valence-electron chi connectivity index (χ3n) is 11.7. The smallest absolute Gasteiger partial charge is 0.306 e. The zero-order valence-electron chi connectivity index (χ0n) is 43.6. The van der Waals surface area contributed by atoms with Crippen LogP contribution >= 0.6 is 0 Å². The molecule has 6 nitrogen and oxygen atoms in total. The number of carbonyl (C=O) groups excluding carboxylic acids is 3. The number of hydrogen-bond donors (Lipinski definition) is 0. The van der Waals surface area contributed by atoms with Crippen LogP contribution in [-0.2, 0) is 28.6 Å². The van der Waals surface area contributed by atoms with Crippen LogP contribution in [0.1, 0.15) is 252 Å². The quantitative estimate of drug-likeness (QED) is 0.0199. The average Bonchev–Trinajstić information content (AvgIpc) is 3.33. The molecular formula is C61H102O6. The van der Waals surface area contributed by atoms with Crippen molar-refractivity contribution in [1.82, 2.24) is 0 Å². The lowest BCUT2D eigenvalue weighted by atomic mass is 10.1. The Hall–Kier alpha value is -3.67. The van der Waals surface area contributed by atoms with Gasteiger partial charge in [-0.15, -0.1) is 0 Å². The van der Waals surface area contributed by atoms with Crippen molar-refractivity contribution < 1.29 is 28.6 Å². The Kier molecular flexibility index (Phi) is 51.9. The molecular weight excluding hydrogens is 829 g/mol. The minimum atomic E-state index is -0.795. The molecule has 382 valence electrons. The minimum Gasteiger partial charge on any atom is -0.462 e. The highest BCUT2D eigenvalue weighted by atomic mass is 16.6. The summed E-state index contributed by atoms with van der Waals surface area (Å²) in [6, 6.07) is 0. The van der Waals surface area contributed by atoms with Gasteiger partial charge in [-0.3, -0.25) is 14.4 Å². The van der Waals surface area contributed by atoms with Crippen molar-refractivity contribution in [3.63, 3.8) is 0 Å². The standard InChI is InChI=1S/C61H102O6/c1-4-7-10-13-16-19-22-25-28-30-32-33-36-39-42-45-48-51-54-60(63)66-57-58(56-65-59(62)53-50-47-44-41-38-35-27-24-21-18-15-12-9-6-3)67-61(64)55-52-49-46-43-40-37-34-31-29-26-23-20-17-14-11-8-5-2/h9-10,12-13,16,18-19,21-22,25-26,28-30,32-33,58H,4-8,11,14-15,17,20,23-24,27,31,34-57H2,1-3H3/b12-9-,13-10-,19-16-,21-18-,25-22-,29-26-,30-28-,33-32-. The van der Waals surface area contributed by atoms with Crippen LogP contribution in [0.5, 0.6) is 0 Å². The van der Waals surface area contributed by atoms with E-state index in [1.165, 1.54) is 109 Å². The molecule has 0 bridgehead atoms. The molecule has 0 rings (SSSR count). The first kappa shape index (κ1) is 63.3. The average molecular weight is 931 g/mol. The third kappa shape index (κ3) is 53.2. The van der Waals surface area contributed by atoms with E-state index in [4.69, 9.17) is 14.2 Å². The van der Waals surface area contributed by atoms with Crippen molar-refractivity contribution in [2.45, 2.75) is 258 Å². The fourth-order valence-corrected chi connectivity index (χ4v) is 7.50. The van der Waals surface area contributed by atoms with Gasteiger partial charge in [0.2, 0.25) is 0 Å². The SMILES string of the molecule is CC/C=C\C/C=C\CCCCCCCCCC(=O)OCC(COC(=O)CCCCCCC\C=C/C=C\C=C/C=C\C=C/CCC)OC(=O)CCCCCCCCC/C=C\CCCCCCCC. The number of esters is 3. The van der Waals surface area contributed by atoms with Crippen LogP contribution in [0.25, 0.3) is 0 Å². The lowest BCUT2D eigenvalue weighted by Gasteiger charge is -2.18. The van der Waals surface area contributed by atoms with Gasteiger partial charge < -0.3 is 14.2 Å². The van der Waals surface area contributed by atoms with Crippen LogP contribution in [0.3, 0.4) is 0 Å². The Bertz CT molecular complexity index is 1350. The topological polar surface area (TPSA) is 78.9 Å². The Morgan fingerprint density at radius 3 is 1.10 bits per heavy atom. The summed E-state index contributed by atoms with van der Waals surface area (Å²) in [5, 5.41) is 0. The second-order valence-corrected chi connectivity index (χ2v) is 18.2. The fraction of sp³-hybridized carbons (Fsp3) is 0.689. The van der Waals surface area contributed by atoms with Gasteiger partial charge in [-0.2, -0.15) is 0 Å². The number of allylic oxidation sites excluding steroid dienone is 16. The first-order valence-electron chi connectivity index (χ1n) is 27.8. The molecule has 0 aromatic rings. The Morgan fingerprint density at radius 2 is 0.672 bits per heavy atom. The van der Waals surface area contributed by atoms with E-state index in [1.54, 1.807) is 0 Å². The van der Waals surface area contributed by atoms with Gasteiger partial charge in [-0.05, 0) is 89.9 Å². The molecule has 1 atom stereocenters. The molecule has 6 heteroatoms. The number of rotatable bonds is 49. The number of carbonyl (C=O) groups is 3. The Morgan fingerprint density at radius 1 is 0.328 bits per heavy atom. The van der Waals surface area contributed by atoms with E-state index in [0.717, 1.165) is 103 Å². The van der Waals surface area contributed by atoms with Crippen LogP contribution in [0.2, 0.25) is 0 Å². The molecule has 0 N–H and O–H groups in total. The number of unbranched alkanes of at least 4 members (excludes halogenated alkanes) is 26. The van der Waals surface area contributed by atoms with Gasteiger partial charge in [0.15, 0.2) is 6.10 Å². The fourth-order valence-electron chi connectivity index (χ4n) is 7.50. The highest BCUT2D eigenvalue weighted by molar-refractivity contribution is 5.71. The van der Waals surface area contributed by atoms with Crippen molar-refractivity contribution in [3.8, 4) is 0 Å². The summed E-state index contributed by atoms with van der Waals surface area (Å²) >= 11 is 0. The maximum absolute atomic E-state index is 12.8. The van der Waals surface area contributed by atoms with Crippen molar-refractivity contribution >= 4 is 17.9 Å². The molecule has 0 amide bonds. The van der Waals surface area contributed by atoms with E-state index in [0.29, 0.717) is 19.3 Å². The summed E-state index contributed by atoms with van der Waals surface area (Å²) < 4.78 is 16.8. The second kappa shape index (κ2) is 54.9. The molecule has 0 spiro atoms. The minimum absolute atomic E-state index is 0.0925. The zero-order valence-corrected chi connectivity index (χ0v) is 43.6. The Balaban J connectivity index is 4.46. The van der Waals surface area contributed by atoms with Crippen molar-refractivity contribution in [1.29, 1.82) is 0 Å². The Labute approximate surface area is 413 Å². The van der Waals surface area contributed by atoms with E-state index >= 15 is 0 Å². The van der Waals surface area contributed by atoms with E-state index < -0.39 is 6.10 Å². The predicted molar refractivity (Wildman–Crippen MR) is 288 cm³/mol. The van der Waals surface area contributed by atoms with Gasteiger partial charge >= 0.3 is 17.9 Å². The van der Waals surface area contributed by atoms with Gasteiger partial charge in [0.25, 0.3) is 0 Å².